The first-order chi connectivity index (χ1) is 3.85. The Balaban J connectivity index is 3.66. The molecule has 2 nitrogen and oxygen atoms in total. The molecule has 0 aliphatic heterocycles. The normalized spacial score (nSPS) is 11.5. The van der Waals surface area contributed by atoms with Crippen molar-refractivity contribution in [1.29, 1.82) is 0 Å². The molecule has 8 heavy (non-hydrogen) atoms. The number of aliphatic imine (C=N–C) groups is 1. The third kappa shape index (κ3) is 2.82. The van der Waals surface area contributed by atoms with Crippen molar-refractivity contribution in [1.82, 2.24) is 0 Å². The summed E-state index contributed by atoms with van der Waals surface area (Å²) in [7, 11) is 0. The molecular formula is C5H10N2S. The molecule has 0 fully saturated rings. The molecule has 0 bridgehead atoms. The summed E-state index contributed by atoms with van der Waals surface area (Å²) in [6.45, 7) is 3.95. The lowest BCUT2D eigenvalue weighted by Crippen LogP contribution is -2.08. The van der Waals surface area contributed by atoms with Crippen LogP contribution in [-0.4, -0.2) is 17.8 Å². The second kappa shape index (κ2) is 4.87. The summed E-state index contributed by atoms with van der Waals surface area (Å²) in [6.07, 6.45) is 3.44. The number of nitrogens with two attached hydrogens (primary N) is 1. The van der Waals surface area contributed by atoms with E-state index in [4.69, 9.17) is 5.73 Å². The van der Waals surface area contributed by atoms with E-state index in [9.17, 15) is 0 Å². The molecule has 0 aromatic rings. The van der Waals surface area contributed by atoms with Crippen molar-refractivity contribution in [2.45, 2.75) is 0 Å². The molecule has 0 aliphatic carbocycles. The van der Waals surface area contributed by atoms with E-state index >= 15 is 0 Å². The number of rotatable bonds is 2. The molecule has 0 aromatic heterocycles. The van der Waals surface area contributed by atoms with Gasteiger partial charge in [-0.2, -0.15) is 0 Å². The lowest BCUT2D eigenvalue weighted by molar-refractivity contribution is 1.32. The van der Waals surface area contributed by atoms with Gasteiger partial charge in [-0.15, -0.1) is 11.8 Å². The van der Waals surface area contributed by atoms with Crippen LogP contribution in [0.1, 0.15) is 0 Å². The largest absolute Gasteiger partial charge is 0.325 e. The van der Waals surface area contributed by atoms with Gasteiger partial charge in [0.2, 0.25) is 0 Å². The van der Waals surface area contributed by atoms with Crippen molar-refractivity contribution in [2.75, 3.05) is 12.8 Å². The predicted molar refractivity (Wildman–Crippen MR) is 40.2 cm³/mol. The average molecular weight is 130 g/mol. The molecule has 3 heteroatoms. The van der Waals surface area contributed by atoms with Crippen LogP contribution in [0.15, 0.2) is 17.8 Å². The van der Waals surface area contributed by atoms with Gasteiger partial charge in [0.05, 0.1) is 5.04 Å². The highest BCUT2D eigenvalue weighted by atomic mass is 32.2. The molecule has 0 atom stereocenters. The molecule has 0 rings (SSSR count). The summed E-state index contributed by atoms with van der Waals surface area (Å²) in [4.78, 5) is 3.88. The van der Waals surface area contributed by atoms with Crippen molar-refractivity contribution >= 4 is 16.8 Å². The van der Waals surface area contributed by atoms with Crippen molar-refractivity contribution in [2.24, 2.45) is 10.7 Å². The second-order valence-electron chi connectivity index (χ2n) is 1.11. The minimum atomic E-state index is 0.507. The van der Waals surface area contributed by atoms with E-state index in [0.29, 0.717) is 6.54 Å². The van der Waals surface area contributed by atoms with Gasteiger partial charge in [-0.1, -0.05) is 6.58 Å². The molecule has 0 spiro atoms. The van der Waals surface area contributed by atoms with E-state index in [1.165, 1.54) is 6.20 Å². The van der Waals surface area contributed by atoms with Gasteiger partial charge in [-0.3, -0.25) is 4.99 Å². The van der Waals surface area contributed by atoms with Crippen molar-refractivity contribution in [3.63, 3.8) is 0 Å². The quantitative estimate of drug-likeness (QED) is 0.444. The molecule has 0 aliphatic rings. The molecule has 2 N–H and O–H groups in total. The van der Waals surface area contributed by atoms with E-state index in [1.54, 1.807) is 11.8 Å². The Labute approximate surface area is 53.9 Å². The number of thioether (sulfide) groups is 1. The summed E-state index contributed by atoms with van der Waals surface area (Å²) in [5, 5.41) is 0.917. The van der Waals surface area contributed by atoms with E-state index in [1.807, 2.05) is 6.26 Å². The minimum absolute atomic E-state index is 0.507. The highest BCUT2D eigenvalue weighted by Crippen LogP contribution is 1.94. The van der Waals surface area contributed by atoms with Gasteiger partial charge in [0.1, 0.15) is 0 Å². The average Bonchev–Trinajstić information content (AvgIpc) is 1.83. The highest BCUT2D eigenvalue weighted by Gasteiger charge is 1.86. The summed E-state index contributed by atoms with van der Waals surface area (Å²) < 4.78 is 0. The van der Waals surface area contributed by atoms with Crippen LogP contribution in [-0.2, 0) is 0 Å². The maximum atomic E-state index is 5.27. The smallest absolute Gasteiger partial charge is 0.0864 e. The number of hydrogen-bond donors (Lipinski definition) is 1. The molecule has 0 saturated carbocycles. The van der Waals surface area contributed by atoms with Crippen LogP contribution >= 0.6 is 11.8 Å². The summed E-state index contributed by atoms with van der Waals surface area (Å²) in [5.74, 6) is 0. The van der Waals surface area contributed by atoms with Gasteiger partial charge < -0.3 is 5.73 Å². The van der Waals surface area contributed by atoms with Crippen LogP contribution in [0, 0.1) is 0 Å². The molecule has 0 saturated heterocycles. The Hall–Kier alpha value is -0.280. The molecule has 0 radical (unpaired) electrons. The zero-order valence-electron chi connectivity index (χ0n) is 4.92. The number of hydrogen-bond acceptors (Lipinski definition) is 3. The van der Waals surface area contributed by atoms with Crippen LogP contribution in [0.3, 0.4) is 0 Å². The molecule has 0 amide bonds. The Morgan fingerprint density at radius 3 is 2.75 bits per heavy atom. The fraction of sp³-hybridized carbons (Fsp3) is 0.400. The van der Waals surface area contributed by atoms with Crippen LogP contribution in [0.25, 0.3) is 0 Å². The Morgan fingerprint density at radius 2 is 2.62 bits per heavy atom. The van der Waals surface area contributed by atoms with E-state index < -0.39 is 0 Å². The van der Waals surface area contributed by atoms with Crippen LogP contribution < -0.4 is 5.73 Å². The van der Waals surface area contributed by atoms with Gasteiger partial charge in [0.15, 0.2) is 0 Å². The molecule has 0 heterocycles. The van der Waals surface area contributed by atoms with Gasteiger partial charge in [-0.05, 0) is 6.26 Å². The first-order valence-electron chi connectivity index (χ1n) is 2.26. The second-order valence-corrected chi connectivity index (χ2v) is 1.99. The first kappa shape index (κ1) is 7.72. The topological polar surface area (TPSA) is 38.4 Å². The van der Waals surface area contributed by atoms with E-state index in [-0.39, 0.29) is 0 Å². The highest BCUT2D eigenvalue weighted by molar-refractivity contribution is 8.13. The monoisotopic (exact) mass is 130 g/mol. The molecule has 46 valence electrons. The fourth-order valence-electron chi connectivity index (χ4n) is 0.291. The van der Waals surface area contributed by atoms with Gasteiger partial charge >= 0.3 is 0 Å². The van der Waals surface area contributed by atoms with Crippen molar-refractivity contribution in [3.05, 3.63) is 12.8 Å². The third-order valence-corrected chi connectivity index (χ3v) is 1.39. The van der Waals surface area contributed by atoms with Crippen molar-refractivity contribution < 1.29 is 0 Å². The lowest BCUT2D eigenvalue weighted by atomic mass is 10.7. The van der Waals surface area contributed by atoms with Crippen LogP contribution in [0.5, 0.6) is 0 Å². The third-order valence-electron chi connectivity index (χ3n) is 0.646. The maximum absolute atomic E-state index is 5.27. The van der Waals surface area contributed by atoms with E-state index in [0.717, 1.165) is 5.04 Å². The standard InChI is InChI=1S/C5H10N2S/c1-3-7-5(4-6)8-2/h3H,1,4,6H2,2H3. The first-order valence-corrected chi connectivity index (χ1v) is 3.49. The van der Waals surface area contributed by atoms with Gasteiger partial charge in [-0.25, -0.2) is 0 Å². The molecular weight excluding hydrogens is 120 g/mol. The Morgan fingerprint density at radius 1 is 2.00 bits per heavy atom. The van der Waals surface area contributed by atoms with Gasteiger partial charge in [0, 0.05) is 12.7 Å². The summed E-state index contributed by atoms with van der Waals surface area (Å²) in [6, 6.07) is 0. The SMILES string of the molecule is C=CN=C(CN)SC. The summed E-state index contributed by atoms with van der Waals surface area (Å²) in [5.41, 5.74) is 5.27. The summed E-state index contributed by atoms with van der Waals surface area (Å²) >= 11 is 1.55. The number of nitrogens with zero attached hydrogens (tertiary/aromatic N) is 1. The fourth-order valence-corrected chi connectivity index (χ4v) is 0.637. The van der Waals surface area contributed by atoms with Crippen molar-refractivity contribution in [3.8, 4) is 0 Å². The maximum Gasteiger partial charge on any atom is 0.0864 e. The zero-order chi connectivity index (χ0) is 6.41. The minimum Gasteiger partial charge on any atom is -0.325 e. The lowest BCUT2D eigenvalue weighted by Gasteiger charge is -1.92. The Kier molecular flexibility index (Phi) is 4.70. The van der Waals surface area contributed by atoms with Crippen LogP contribution in [0.4, 0.5) is 0 Å². The van der Waals surface area contributed by atoms with Gasteiger partial charge in [0.25, 0.3) is 0 Å². The Bertz CT molecular complexity index is 92.6. The zero-order valence-corrected chi connectivity index (χ0v) is 5.74. The predicted octanol–water partition coefficient (Wildman–Crippen LogP) is 0.850. The van der Waals surface area contributed by atoms with Crippen LogP contribution in [0.2, 0.25) is 0 Å². The molecule has 0 aromatic carbocycles. The molecule has 0 unspecified atom stereocenters. The van der Waals surface area contributed by atoms with E-state index in [2.05, 4.69) is 11.6 Å².